The first-order valence-corrected chi connectivity index (χ1v) is 21.7. The van der Waals surface area contributed by atoms with Crippen LogP contribution in [0.15, 0.2) is 53.4 Å². The van der Waals surface area contributed by atoms with E-state index in [9.17, 15) is 18.3 Å². The summed E-state index contributed by atoms with van der Waals surface area (Å²) in [5.41, 5.74) is 1.07. The molecule has 3 aromatic rings. The summed E-state index contributed by atoms with van der Waals surface area (Å²) >= 11 is 1.47. The number of ether oxygens (including phenoxy) is 3. The summed E-state index contributed by atoms with van der Waals surface area (Å²) in [4.78, 5) is 21.0. The first-order valence-electron chi connectivity index (χ1n) is 19.5. The molecule has 1 aromatic heterocycles. The molecule has 6 atom stereocenters. The van der Waals surface area contributed by atoms with Gasteiger partial charge < -0.3 is 34.9 Å². The Balaban J connectivity index is 0.955. The molecular weight excluding hydrogens is 715 g/mol. The number of benzene rings is 2. The van der Waals surface area contributed by atoms with Crippen LogP contribution in [0.1, 0.15) is 70.8 Å². The van der Waals surface area contributed by atoms with Crippen molar-refractivity contribution in [3.63, 3.8) is 0 Å². The molecule has 14 heteroatoms. The lowest BCUT2D eigenvalue weighted by molar-refractivity contribution is -0.0346. The van der Waals surface area contributed by atoms with E-state index in [4.69, 9.17) is 19.2 Å². The number of rotatable bonds is 14. The van der Waals surface area contributed by atoms with E-state index < -0.39 is 40.0 Å². The van der Waals surface area contributed by atoms with E-state index in [1.807, 2.05) is 44.2 Å². The smallest absolute Gasteiger partial charge is 0.407 e. The maximum atomic E-state index is 14.3. The molecular formula is C39H53N5O7S2. The predicted molar refractivity (Wildman–Crippen MR) is 203 cm³/mol. The van der Waals surface area contributed by atoms with Crippen LogP contribution in [0, 0.1) is 11.8 Å². The summed E-state index contributed by atoms with van der Waals surface area (Å²) in [5, 5.41) is 19.1. The molecule has 0 radical (unpaired) electrons. The fourth-order valence-electron chi connectivity index (χ4n) is 8.99. The lowest BCUT2D eigenvalue weighted by Crippen LogP contribution is -2.52. The maximum absolute atomic E-state index is 14.3. The highest BCUT2D eigenvalue weighted by atomic mass is 32.2. The van der Waals surface area contributed by atoms with Crippen molar-refractivity contribution < 1.29 is 32.5 Å². The third-order valence-corrected chi connectivity index (χ3v) is 14.7. The molecule has 2 aromatic carbocycles. The first-order chi connectivity index (χ1) is 25.6. The topological polar surface area (TPSA) is 146 Å². The number of piperidine rings is 1. The van der Waals surface area contributed by atoms with Crippen molar-refractivity contribution in [2.75, 3.05) is 38.1 Å². The van der Waals surface area contributed by atoms with Crippen molar-refractivity contribution in [3.8, 4) is 0 Å². The summed E-state index contributed by atoms with van der Waals surface area (Å²) in [5.74, 6) is 0.0474. The fourth-order valence-corrected chi connectivity index (χ4v) is 11.7. The Kier molecular flexibility index (Phi) is 10.7. The second-order valence-corrected chi connectivity index (χ2v) is 19.1. The number of anilines is 1. The summed E-state index contributed by atoms with van der Waals surface area (Å²) in [7, 11) is -4.03. The molecule has 53 heavy (non-hydrogen) atoms. The van der Waals surface area contributed by atoms with Crippen molar-refractivity contribution in [3.05, 3.63) is 54.1 Å². The monoisotopic (exact) mass is 767 g/mol. The van der Waals surface area contributed by atoms with Gasteiger partial charge in [0.1, 0.15) is 6.10 Å². The highest BCUT2D eigenvalue weighted by Crippen LogP contribution is 2.57. The number of likely N-dealkylation sites (tertiary alicyclic amines) is 1. The van der Waals surface area contributed by atoms with Crippen LogP contribution >= 0.6 is 11.3 Å². The molecule has 5 fully saturated rings. The molecule has 3 unspecified atom stereocenters. The minimum Gasteiger partial charge on any atom is -0.443 e. The normalized spacial score (nSPS) is 27.6. The maximum Gasteiger partial charge on any atom is 0.407 e. The summed E-state index contributed by atoms with van der Waals surface area (Å²) in [6.07, 6.45) is 6.77. The molecule has 2 saturated carbocycles. The van der Waals surface area contributed by atoms with Gasteiger partial charge in [-0.3, -0.25) is 0 Å². The van der Waals surface area contributed by atoms with Crippen LogP contribution in [0.2, 0.25) is 0 Å². The number of thiazole rings is 1. The lowest BCUT2D eigenvalue weighted by atomic mass is 9.99. The quantitative estimate of drug-likeness (QED) is 0.183. The number of aliphatic hydroxyl groups excluding tert-OH is 1. The molecule has 2 bridgehead atoms. The van der Waals surface area contributed by atoms with E-state index in [2.05, 4.69) is 15.5 Å². The standard InChI is InChI=1S/C39H53N5O7S2/c1-25(2)22-44(23-33(45)32(20-26-8-4-3-5-9-26)42-38(46)50-35-27-14-17-39(35)36(51-39)49-24-27)53(47,48)30-12-13-31-34(21-30)52-37(41-31)40-28-15-18-43(19-16-28)29-10-6-7-11-29/h3-5,8-9,12-13,21,25,27-29,32-33,35-36,45H,6-7,10-11,14-20,22-24H2,1-2H3,(H,40,41)(H,42,46)/t27?,32-,33+,35-,36?,39?/m0/s1. The van der Waals surface area contributed by atoms with Crippen LogP contribution in [-0.2, 0) is 30.7 Å². The summed E-state index contributed by atoms with van der Waals surface area (Å²) < 4.78 is 48.3. The minimum absolute atomic E-state index is 0.0137. The Bertz CT molecular complexity index is 1840. The third-order valence-electron chi connectivity index (χ3n) is 11.9. The summed E-state index contributed by atoms with van der Waals surface area (Å²) in [6.45, 7) is 6.56. The minimum atomic E-state index is -4.03. The van der Waals surface area contributed by atoms with Crippen molar-refractivity contribution in [2.24, 2.45) is 11.8 Å². The Morgan fingerprint density at radius 3 is 2.62 bits per heavy atom. The van der Waals surface area contributed by atoms with Gasteiger partial charge in [0.2, 0.25) is 10.0 Å². The van der Waals surface area contributed by atoms with Crippen LogP contribution < -0.4 is 10.6 Å². The number of aromatic nitrogens is 1. The number of nitrogens with zero attached hydrogens (tertiary/aromatic N) is 3. The molecule has 288 valence electrons. The van der Waals surface area contributed by atoms with Crippen LogP contribution in [0.5, 0.6) is 0 Å². The number of alkyl carbamates (subject to hydrolysis) is 1. The zero-order valence-corrected chi connectivity index (χ0v) is 32.3. The van der Waals surface area contributed by atoms with Gasteiger partial charge in [0.05, 0.1) is 33.9 Å². The SMILES string of the molecule is CC(C)CN(C[C@@H](O)[C@H](Cc1ccccc1)NC(=O)O[C@H]1C2CCC13OC3OC2)S(=O)(=O)c1ccc2nc(NC3CCN(C4CCCC4)CC3)sc2c1. The molecule has 3 saturated heterocycles. The Morgan fingerprint density at radius 2 is 1.87 bits per heavy atom. The van der Waals surface area contributed by atoms with E-state index >= 15 is 0 Å². The van der Waals surface area contributed by atoms with Gasteiger partial charge >= 0.3 is 6.09 Å². The van der Waals surface area contributed by atoms with Gasteiger partial charge in [-0.25, -0.2) is 18.2 Å². The third kappa shape index (κ3) is 7.96. The van der Waals surface area contributed by atoms with Crippen molar-refractivity contribution >= 4 is 42.8 Å². The molecule has 3 aliphatic heterocycles. The van der Waals surface area contributed by atoms with Gasteiger partial charge in [-0.15, -0.1) is 0 Å². The van der Waals surface area contributed by atoms with E-state index in [-0.39, 0.29) is 42.5 Å². The van der Waals surface area contributed by atoms with E-state index in [1.165, 1.54) is 41.3 Å². The number of amides is 1. The lowest BCUT2D eigenvalue weighted by Gasteiger charge is -2.36. The van der Waals surface area contributed by atoms with Gasteiger partial charge in [-0.1, -0.05) is 68.4 Å². The van der Waals surface area contributed by atoms with Gasteiger partial charge in [0.15, 0.2) is 17.0 Å². The molecule has 3 N–H and O–H groups in total. The van der Waals surface area contributed by atoms with E-state index in [0.29, 0.717) is 12.6 Å². The number of sulfonamides is 1. The number of hydrogen-bond donors (Lipinski definition) is 3. The molecule has 2 aliphatic carbocycles. The molecule has 4 heterocycles. The number of epoxide rings is 1. The van der Waals surface area contributed by atoms with E-state index in [0.717, 1.165) is 65.7 Å². The Morgan fingerprint density at radius 1 is 1.09 bits per heavy atom. The average molecular weight is 768 g/mol. The van der Waals surface area contributed by atoms with Crippen molar-refractivity contribution in [2.45, 2.75) is 119 Å². The van der Waals surface area contributed by atoms with Gasteiger partial charge in [0.25, 0.3) is 0 Å². The number of aliphatic hydroxyl groups is 1. The number of carbonyl (C=O) groups excluding carboxylic acids is 1. The van der Waals surface area contributed by atoms with Gasteiger partial charge in [-0.05, 0) is 74.6 Å². The summed E-state index contributed by atoms with van der Waals surface area (Å²) in [6, 6.07) is 14.9. The zero-order valence-electron chi connectivity index (χ0n) is 30.7. The van der Waals surface area contributed by atoms with Crippen LogP contribution in [0.4, 0.5) is 9.93 Å². The number of nitrogens with one attached hydrogen (secondary N) is 2. The number of fused-ring (bicyclic) bond motifs is 2. The van der Waals surface area contributed by atoms with Crippen molar-refractivity contribution in [1.82, 2.24) is 19.5 Å². The second kappa shape index (κ2) is 15.4. The van der Waals surface area contributed by atoms with Crippen LogP contribution in [0.25, 0.3) is 10.2 Å². The molecule has 12 nitrogen and oxygen atoms in total. The molecule has 8 rings (SSSR count). The highest BCUT2D eigenvalue weighted by Gasteiger charge is 2.72. The van der Waals surface area contributed by atoms with Gasteiger partial charge in [-0.2, -0.15) is 4.31 Å². The second-order valence-electron chi connectivity index (χ2n) is 16.1. The predicted octanol–water partition coefficient (Wildman–Crippen LogP) is 5.36. The molecule has 1 amide bonds. The highest BCUT2D eigenvalue weighted by molar-refractivity contribution is 7.89. The number of hydrogen-bond acceptors (Lipinski definition) is 11. The first kappa shape index (κ1) is 37.1. The van der Waals surface area contributed by atoms with Gasteiger partial charge in [0, 0.05) is 44.2 Å². The van der Waals surface area contributed by atoms with E-state index in [1.54, 1.807) is 18.2 Å². The molecule has 5 aliphatic rings. The van der Waals surface area contributed by atoms with Crippen LogP contribution in [-0.4, -0.2) is 109 Å². The Labute approximate surface area is 316 Å². The van der Waals surface area contributed by atoms with Crippen molar-refractivity contribution in [1.29, 1.82) is 0 Å². The largest absolute Gasteiger partial charge is 0.443 e. The zero-order chi connectivity index (χ0) is 36.7. The van der Waals surface area contributed by atoms with Crippen LogP contribution in [0.3, 0.4) is 0 Å². The number of carbonyl (C=O) groups is 1. The average Bonchev–Trinajstić information content (AvgIpc) is 3.37. The fraction of sp³-hybridized carbons (Fsp3) is 0.641. The Hall–Kier alpha value is -2.85. The molecule has 1 spiro atoms.